The molecule has 0 saturated carbocycles. The second-order valence-corrected chi connectivity index (χ2v) is 9.69. The maximum Gasteiger partial charge on any atom is 0.416 e. The Balaban J connectivity index is 1.57. The number of alkyl halides is 3. The molecule has 210 valence electrons. The minimum Gasteiger partial charge on any atom is -0.353 e. The number of rotatable bonds is 7. The van der Waals surface area contributed by atoms with Crippen LogP contribution >= 0.6 is 0 Å². The topological polar surface area (TPSA) is 111 Å². The molecule has 9 nitrogen and oxygen atoms in total. The van der Waals surface area contributed by atoms with E-state index in [9.17, 15) is 32.8 Å². The number of hydrogen-bond donors (Lipinski definition) is 1. The van der Waals surface area contributed by atoms with E-state index in [0.29, 0.717) is 36.2 Å². The van der Waals surface area contributed by atoms with E-state index in [-0.39, 0.29) is 30.0 Å². The zero-order valence-corrected chi connectivity index (χ0v) is 21.8. The molecular weight excluding hydrogens is 537 g/mol. The summed E-state index contributed by atoms with van der Waals surface area (Å²) in [6.45, 7) is 0.145. The Labute approximate surface area is 233 Å². The van der Waals surface area contributed by atoms with Crippen LogP contribution in [-0.4, -0.2) is 45.5 Å². The van der Waals surface area contributed by atoms with Crippen LogP contribution in [0.3, 0.4) is 0 Å². The Hall–Kier alpha value is -4.92. The number of nitrogens with zero attached hydrogens (tertiary/aromatic N) is 5. The zero-order chi connectivity index (χ0) is 29.1. The highest BCUT2D eigenvalue weighted by atomic mass is 19.4. The Morgan fingerprint density at radius 1 is 1.10 bits per heavy atom. The van der Waals surface area contributed by atoms with Gasteiger partial charge >= 0.3 is 12.2 Å². The summed E-state index contributed by atoms with van der Waals surface area (Å²) in [6, 6.07) is 12.8. The molecule has 2 aliphatic rings. The smallest absolute Gasteiger partial charge is 0.353 e. The van der Waals surface area contributed by atoms with Gasteiger partial charge in [-0.15, -0.1) is 0 Å². The Morgan fingerprint density at radius 3 is 2.56 bits per heavy atom. The molecule has 2 heterocycles. The van der Waals surface area contributed by atoms with Crippen LogP contribution in [0, 0.1) is 11.3 Å². The average Bonchev–Trinajstić information content (AvgIpc) is 3.47. The van der Waals surface area contributed by atoms with Gasteiger partial charge in [0.2, 0.25) is 5.91 Å². The maximum absolute atomic E-state index is 14.1. The third-order valence-electron chi connectivity index (χ3n) is 7.04. The van der Waals surface area contributed by atoms with Crippen LogP contribution in [0.25, 0.3) is 0 Å². The second kappa shape index (κ2) is 11.3. The Kier molecular flexibility index (Phi) is 7.61. The van der Waals surface area contributed by atoms with E-state index in [4.69, 9.17) is 0 Å². The van der Waals surface area contributed by atoms with Gasteiger partial charge in [0.1, 0.15) is 6.54 Å². The first-order chi connectivity index (χ1) is 19.7. The molecule has 1 aliphatic carbocycles. The molecule has 0 bridgehead atoms. The Morgan fingerprint density at radius 2 is 1.88 bits per heavy atom. The van der Waals surface area contributed by atoms with Gasteiger partial charge < -0.3 is 10.2 Å². The predicted molar refractivity (Wildman–Crippen MR) is 141 cm³/mol. The lowest BCUT2D eigenvalue weighted by atomic mass is 9.83. The first-order valence-corrected chi connectivity index (χ1v) is 13.0. The van der Waals surface area contributed by atoms with Crippen molar-refractivity contribution in [3.05, 3.63) is 95.0 Å². The third kappa shape index (κ3) is 5.70. The van der Waals surface area contributed by atoms with Crippen molar-refractivity contribution in [1.82, 2.24) is 20.0 Å². The summed E-state index contributed by atoms with van der Waals surface area (Å²) in [5.74, 6) is -0.769. The van der Waals surface area contributed by atoms with Crippen molar-refractivity contribution >= 4 is 23.4 Å². The summed E-state index contributed by atoms with van der Waals surface area (Å²) in [7, 11) is 0. The number of amides is 3. The van der Waals surface area contributed by atoms with Gasteiger partial charge in [0.15, 0.2) is 5.78 Å². The summed E-state index contributed by atoms with van der Waals surface area (Å²) >= 11 is 0. The predicted octanol–water partition coefficient (Wildman–Crippen LogP) is 4.58. The quantitative estimate of drug-likeness (QED) is 0.453. The highest BCUT2D eigenvalue weighted by Crippen LogP contribution is 2.44. The highest BCUT2D eigenvalue weighted by molar-refractivity contribution is 6.07. The molecule has 0 radical (unpaired) electrons. The number of aromatic nitrogens is 2. The van der Waals surface area contributed by atoms with Crippen LogP contribution in [0.5, 0.6) is 0 Å². The van der Waals surface area contributed by atoms with Crippen LogP contribution in [0.1, 0.15) is 42.0 Å². The molecule has 3 aromatic rings. The minimum atomic E-state index is -4.65. The van der Waals surface area contributed by atoms with Crippen LogP contribution in [-0.2, 0) is 22.3 Å². The average molecular weight is 563 g/mol. The first-order valence-electron chi connectivity index (χ1n) is 13.0. The van der Waals surface area contributed by atoms with E-state index in [1.165, 1.54) is 17.0 Å². The number of nitrogens with one attached hydrogen (secondary N) is 1. The fourth-order valence-corrected chi connectivity index (χ4v) is 5.19. The van der Waals surface area contributed by atoms with E-state index in [1.807, 2.05) is 6.07 Å². The lowest BCUT2D eigenvalue weighted by molar-refractivity contribution is -0.137. The molecule has 0 spiro atoms. The molecule has 1 atom stereocenters. The molecule has 5 rings (SSSR count). The number of nitriles is 1. The number of carbonyl (C=O) groups is 3. The van der Waals surface area contributed by atoms with Crippen molar-refractivity contribution in [3.8, 4) is 6.07 Å². The molecule has 1 N–H and O–H groups in total. The summed E-state index contributed by atoms with van der Waals surface area (Å²) in [5.41, 5.74) is 0.456. The summed E-state index contributed by atoms with van der Waals surface area (Å²) in [4.78, 5) is 43.0. The van der Waals surface area contributed by atoms with E-state index < -0.39 is 36.3 Å². The fraction of sp³-hybridized carbons (Fsp3) is 0.276. The lowest BCUT2D eigenvalue weighted by Crippen LogP contribution is -2.54. The van der Waals surface area contributed by atoms with Crippen molar-refractivity contribution in [1.29, 1.82) is 5.26 Å². The zero-order valence-electron chi connectivity index (χ0n) is 21.8. The molecule has 1 aromatic heterocycles. The molecule has 41 heavy (non-hydrogen) atoms. The van der Waals surface area contributed by atoms with Crippen molar-refractivity contribution < 1.29 is 27.6 Å². The molecule has 0 saturated heterocycles. The van der Waals surface area contributed by atoms with Gasteiger partial charge in [-0.2, -0.15) is 23.5 Å². The molecule has 1 aliphatic heterocycles. The van der Waals surface area contributed by atoms with Crippen LogP contribution in [0.4, 0.5) is 23.7 Å². The molecular formula is C29H25F3N6O3. The van der Waals surface area contributed by atoms with Crippen molar-refractivity contribution in [2.24, 2.45) is 0 Å². The number of halogens is 3. The third-order valence-corrected chi connectivity index (χ3v) is 7.04. The lowest BCUT2D eigenvalue weighted by Gasteiger charge is -2.45. The van der Waals surface area contributed by atoms with Crippen molar-refractivity contribution in [2.45, 2.75) is 38.0 Å². The largest absolute Gasteiger partial charge is 0.416 e. The Bertz CT molecular complexity index is 1540. The van der Waals surface area contributed by atoms with Gasteiger partial charge in [0, 0.05) is 36.6 Å². The number of Topliss-reactive ketones (excluding diaryl/α,β-unsaturated/α-hetero) is 1. The first kappa shape index (κ1) is 27.6. The van der Waals surface area contributed by atoms with Gasteiger partial charge in [-0.05, 0) is 54.8 Å². The number of ketones is 1. The molecule has 3 amide bonds. The van der Waals surface area contributed by atoms with Crippen LogP contribution in [0.15, 0.2) is 78.3 Å². The highest BCUT2D eigenvalue weighted by Gasteiger charge is 2.45. The summed E-state index contributed by atoms with van der Waals surface area (Å²) in [6.07, 6.45) is -0.399. The number of hydrogen-bond acceptors (Lipinski definition) is 5. The number of benzene rings is 2. The summed E-state index contributed by atoms with van der Waals surface area (Å²) < 4.78 is 42.4. The molecule has 1 unspecified atom stereocenters. The molecule has 12 heteroatoms. The van der Waals surface area contributed by atoms with E-state index >= 15 is 0 Å². The number of urea groups is 1. The van der Waals surface area contributed by atoms with Crippen LogP contribution < -0.4 is 10.2 Å². The molecule has 0 fully saturated rings. The number of allylic oxidation sites excluding steroid dienone is 1. The van der Waals surface area contributed by atoms with E-state index in [0.717, 1.165) is 17.0 Å². The summed E-state index contributed by atoms with van der Waals surface area (Å²) in [5, 5.41) is 16.1. The van der Waals surface area contributed by atoms with Crippen LogP contribution in [0.2, 0.25) is 0 Å². The van der Waals surface area contributed by atoms with Crippen molar-refractivity contribution in [3.63, 3.8) is 0 Å². The fourth-order valence-electron chi connectivity index (χ4n) is 5.19. The van der Waals surface area contributed by atoms with Gasteiger partial charge in [0.05, 0.1) is 35.5 Å². The van der Waals surface area contributed by atoms with E-state index in [1.54, 1.807) is 47.4 Å². The van der Waals surface area contributed by atoms with Gasteiger partial charge in [0.25, 0.3) is 0 Å². The monoisotopic (exact) mass is 562 g/mol. The van der Waals surface area contributed by atoms with E-state index in [2.05, 4.69) is 10.4 Å². The van der Waals surface area contributed by atoms with Crippen molar-refractivity contribution in [2.75, 3.05) is 18.0 Å². The van der Waals surface area contributed by atoms with Gasteiger partial charge in [-0.25, -0.2) is 4.79 Å². The maximum atomic E-state index is 14.1. The number of carbonyl (C=O) groups excluding carboxylic acids is 3. The second-order valence-electron chi connectivity index (χ2n) is 9.69. The SMILES string of the molecule is N#Cc1ccc(C2C3=C(CCCC3=O)N(c3cccc(C(F)(F)F)c3)C(=O)N2CC(=O)NCCn2cccn2)cc1. The molecule has 2 aromatic carbocycles. The van der Waals surface area contributed by atoms with Gasteiger partial charge in [-0.1, -0.05) is 18.2 Å². The normalized spacial score (nSPS) is 17.4. The number of anilines is 1. The van der Waals surface area contributed by atoms with Gasteiger partial charge in [-0.3, -0.25) is 19.2 Å². The standard InChI is InChI=1S/C29H25F3N6O3/c30-29(31,32)21-4-1-5-22(16-21)38-23-6-2-7-24(39)26(23)27(20-10-8-19(17-33)9-11-20)37(28(38)41)18-25(40)34-13-15-36-14-3-12-35-36/h1,3-5,8-12,14,16,27H,2,6-7,13,15,18H2,(H,34,40). The minimum absolute atomic E-state index is 0.0469.